The van der Waals surface area contributed by atoms with Crippen molar-refractivity contribution in [2.75, 3.05) is 13.7 Å². The lowest BCUT2D eigenvalue weighted by atomic mass is 9.77. The molecule has 1 saturated heterocycles. The lowest BCUT2D eigenvalue weighted by Gasteiger charge is -2.27. The molecule has 1 N–H and O–H groups in total. The monoisotopic (exact) mass is 271 g/mol. The second-order valence-electron chi connectivity index (χ2n) is 5.50. The Hall–Kier alpha value is -1.72. The zero-order valence-electron chi connectivity index (χ0n) is 11.4. The second kappa shape index (κ2) is 4.68. The van der Waals surface area contributed by atoms with Crippen molar-refractivity contribution in [3.63, 3.8) is 0 Å². The lowest BCUT2D eigenvalue weighted by molar-refractivity contribution is 0.116. The van der Waals surface area contributed by atoms with Crippen LogP contribution in [0.3, 0.4) is 0 Å². The molecule has 1 aromatic carbocycles. The second-order valence-corrected chi connectivity index (χ2v) is 5.50. The van der Waals surface area contributed by atoms with Crippen LogP contribution in [0.5, 0.6) is 0 Å². The summed E-state index contributed by atoms with van der Waals surface area (Å²) in [4.78, 5) is 4.59. The van der Waals surface area contributed by atoms with Gasteiger partial charge in [-0.3, -0.25) is 0 Å². The van der Waals surface area contributed by atoms with E-state index in [0.29, 0.717) is 11.8 Å². The molecule has 20 heavy (non-hydrogen) atoms. The molecular formula is C15H17N3O2. The summed E-state index contributed by atoms with van der Waals surface area (Å²) >= 11 is 0. The van der Waals surface area contributed by atoms with Gasteiger partial charge in [0, 0.05) is 13.7 Å². The van der Waals surface area contributed by atoms with Gasteiger partial charge in [0.25, 0.3) is 0 Å². The average Bonchev–Trinajstić information content (AvgIpc) is 3.08. The fourth-order valence-electron chi connectivity index (χ4n) is 3.09. The van der Waals surface area contributed by atoms with E-state index in [0.717, 1.165) is 25.2 Å². The van der Waals surface area contributed by atoms with E-state index in [1.165, 1.54) is 11.1 Å². The van der Waals surface area contributed by atoms with Gasteiger partial charge in [0.15, 0.2) is 5.82 Å². The van der Waals surface area contributed by atoms with Crippen molar-refractivity contribution >= 4 is 0 Å². The summed E-state index contributed by atoms with van der Waals surface area (Å²) in [5.41, 5.74) is 2.72. The average molecular weight is 271 g/mol. The summed E-state index contributed by atoms with van der Waals surface area (Å²) in [5, 5.41) is 7.53. The molecule has 2 aliphatic rings. The van der Waals surface area contributed by atoms with Crippen LogP contribution in [0.1, 0.15) is 41.2 Å². The van der Waals surface area contributed by atoms with Gasteiger partial charge >= 0.3 is 0 Å². The molecule has 1 unspecified atom stereocenters. The number of ether oxygens (including phenoxy) is 1. The molecule has 104 valence electrons. The van der Waals surface area contributed by atoms with Crippen LogP contribution < -0.4 is 5.32 Å². The first-order valence-electron chi connectivity index (χ1n) is 7.02. The summed E-state index contributed by atoms with van der Waals surface area (Å²) in [6, 6.07) is 8.57. The Morgan fingerprint density at radius 2 is 2.25 bits per heavy atom. The number of fused-ring (bicyclic) bond motifs is 1. The first-order valence-corrected chi connectivity index (χ1v) is 7.02. The number of rotatable bonds is 3. The molecule has 1 fully saturated rings. The molecule has 4 rings (SSSR count). The molecule has 0 bridgehead atoms. The fraction of sp³-hybridized carbons (Fsp3) is 0.467. The van der Waals surface area contributed by atoms with Gasteiger partial charge in [-0.05, 0) is 24.0 Å². The minimum atomic E-state index is 0.122. The Balaban J connectivity index is 1.53. The molecule has 5 nitrogen and oxygen atoms in total. The van der Waals surface area contributed by atoms with E-state index in [-0.39, 0.29) is 12.1 Å². The highest BCUT2D eigenvalue weighted by Crippen LogP contribution is 2.39. The maximum atomic E-state index is 5.43. The maximum absolute atomic E-state index is 5.43. The Kier molecular flexibility index (Phi) is 2.82. The normalized spacial score (nSPS) is 28.1. The van der Waals surface area contributed by atoms with Gasteiger partial charge in [-0.1, -0.05) is 29.4 Å². The first-order chi connectivity index (χ1) is 9.85. The third kappa shape index (κ3) is 1.85. The quantitative estimate of drug-likeness (QED) is 0.922. The Morgan fingerprint density at radius 3 is 3.05 bits per heavy atom. The van der Waals surface area contributed by atoms with Crippen molar-refractivity contribution in [2.24, 2.45) is 0 Å². The summed E-state index contributed by atoms with van der Waals surface area (Å²) in [5.74, 6) is 1.79. The van der Waals surface area contributed by atoms with E-state index in [9.17, 15) is 0 Å². The highest BCUT2D eigenvalue weighted by atomic mass is 16.5. The summed E-state index contributed by atoms with van der Waals surface area (Å²) < 4.78 is 10.8. The predicted molar refractivity (Wildman–Crippen MR) is 72.4 cm³/mol. The topological polar surface area (TPSA) is 60.2 Å². The van der Waals surface area contributed by atoms with Gasteiger partial charge in [0.05, 0.1) is 18.1 Å². The van der Waals surface area contributed by atoms with Gasteiger partial charge in [0.2, 0.25) is 5.89 Å². The maximum Gasteiger partial charge on any atom is 0.243 e. The van der Waals surface area contributed by atoms with E-state index < -0.39 is 0 Å². The van der Waals surface area contributed by atoms with Crippen LogP contribution in [0.25, 0.3) is 0 Å². The smallest absolute Gasteiger partial charge is 0.243 e. The molecule has 2 aromatic rings. The Morgan fingerprint density at radius 1 is 1.35 bits per heavy atom. The van der Waals surface area contributed by atoms with E-state index >= 15 is 0 Å². The number of benzene rings is 1. The van der Waals surface area contributed by atoms with E-state index in [1.54, 1.807) is 7.11 Å². The molecule has 3 atom stereocenters. The summed E-state index contributed by atoms with van der Waals surface area (Å²) in [6.45, 7) is 0.838. The van der Waals surface area contributed by atoms with E-state index in [1.807, 2.05) is 0 Å². The minimum absolute atomic E-state index is 0.122. The van der Waals surface area contributed by atoms with Crippen LogP contribution in [0.2, 0.25) is 0 Å². The van der Waals surface area contributed by atoms with Crippen molar-refractivity contribution in [1.82, 2.24) is 15.5 Å². The van der Waals surface area contributed by atoms with Crippen LogP contribution in [0.15, 0.2) is 28.8 Å². The van der Waals surface area contributed by atoms with Crippen LogP contribution >= 0.6 is 0 Å². The van der Waals surface area contributed by atoms with Crippen LogP contribution in [-0.4, -0.2) is 29.9 Å². The van der Waals surface area contributed by atoms with Gasteiger partial charge < -0.3 is 14.6 Å². The SMILES string of the molecule is CO[C@@H]1CN[C@@H](c2nc(C3Cc4ccccc43)no2)C1. The largest absolute Gasteiger partial charge is 0.380 e. The van der Waals surface area contributed by atoms with Crippen molar-refractivity contribution in [3.8, 4) is 0 Å². The third-order valence-electron chi connectivity index (χ3n) is 4.35. The zero-order valence-corrected chi connectivity index (χ0v) is 11.4. The zero-order chi connectivity index (χ0) is 13.5. The standard InChI is InChI=1S/C15H17N3O2/c1-19-10-7-13(16-8-10)15-17-14(18-20-15)12-6-9-4-2-3-5-11(9)12/h2-5,10,12-13,16H,6-8H2,1H3/t10-,12?,13+/m0/s1. The molecule has 0 saturated carbocycles. The number of hydrogen-bond donors (Lipinski definition) is 1. The van der Waals surface area contributed by atoms with Gasteiger partial charge in [0.1, 0.15) is 0 Å². The van der Waals surface area contributed by atoms with Crippen LogP contribution in [0, 0.1) is 0 Å². The number of nitrogens with one attached hydrogen (secondary N) is 1. The van der Waals surface area contributed by atoms with Crippen molar-refractivity contribution in [1.29, 1.82) is 0 Å². The van der Waals surface area contributed by atoms with Crippen molar-refractivity contribution < 1.29 is 9.26 Å². The summed E-state index contributed by atoms with van der Waals surface area (Å²) in [6.07, 6.45) is 2.13. The van der Waals surface area contributed by atoms with Crippen molar-refractivity contribution in [3.05, 3.63) is 47.1 Å². The van der Waals surface area contributed by atoms with Gasteiger partial charge in [-0.15, -0.1) is 0 Å². The molecule has 5 heteroatoms. The Bertz CT molecular complexity index is 625. The predicted octanol–water partition coefficient (Wildman–Crippen LogP) is 1.81. The number of aromatic nitrogens is 2. The van der Waals surface area contributed by atoms with Crippen LogP contribution in [0.4, 0.5) is 0 Å². The molecule has 0 radical (unpaired) electrons. The fourth-order valence-corrected chi connectivity index (χ4v) is 3.09. The van der Waals surface area contributed by atoms with Gasteiger partial charge in [-0.2, -0.15) is 4.98 Å². The number of hydrogen-bond acceptors (Lipinski definition) is 5. The number of nitrogens with zero attached hydrogens (tertiary/aromatic N) is 2. The lowest BCUT2D eigenvalue weighted by Crippen LogP contribution is -2.19. The highest BCUT2D eigenvalue weighted by Gasteiger charge is 2.34. The molecule has 1 aliphatic heterocycles. The first kappa shape index (κ1) is 12.1. The van der Waals surface area contributed by atoms with E-state index in [4.69, 9.17) is 9.26 Å². The van der Waals surface area contributed by atoms with E-state index in [2.05, 4.69) is 39.7 Å². The number of methoxy groups -OCH3 is 1. The minimum Gasteiger partial charge on any atom is -0.380 e. The molecule has 0 spiro atoms. The third-order valence-corrected chi connectivity index (χ3v) is 4.35. The summed E-state index contributed by atoms with van der Waals surface area (Å²) in [7, 11) is 1.74. The molecule has 1 aromatic heterocycles. The Labute approximate surface area is 117 Å². The molecule has 0 amide bonds. The highest BCUT2D eigenvalue weighted by molar-refractivity contribution is 5.43. The molecule has 2 heterocycles. The van der Waals surface area contributed by atoms with Crippen LogP contribution in [-0.2, 0) is 11.2 Å². The van der Waals surface area contributed by atoms with Gasteiger partial charge in [-0.25, -0.2) is 0 Å². The van der Waals surface area contributed by atoms with Crippen molar-refractivity contribution in [2.45, 2.75) is 30.9 Å². The molecule has 1 aliphatic carbocycles. The molecular weight excluding hydrogens is 254 g/mol.